The van der Waals surface area contributed by atoms with Crippen molar-refractivity contribution in [3.8, 4) is 10.4 Å². The second-order valence-corrected chi connectivity index (χ2v) is 9.89. The lowest BCUT2D eigenvalue weighted by atomic mass is 10.0. The van der Waals surface area contributed by atoms with Gasteiger partial charge in [-0.3, -0.25) is 4.79 Å². The second kappa shape index (κ2) is 8.56. The fourth-order valence-electron chi connectivity index (χ4n) is 3.90. The topological polar surface area (TPSA) is 32.3 Å². The molecule has 0 aliphatic carbocycles. The molecule has 2 aliphatic heterocycles. The Bertz CT molecular complexity index is 836. The standard InChI is InChI=1S/C21H25ClN2OS2/c1-14-5-2-3-9-24(14)10-4-8-23-21(25)19-11-15-13-26-18-12-16(22)6-7-17(18)20(15)27-19/h6-7,11-12,14H,2-5,8-10,13H2,1H3,(H,23,25). The summed E-state index contributed by atoms with van der Waals surface area (Å²) >= 11 is 9.51. The molecule has 27 heavy (non-hydrogen) atoms. The van der Waals surface area contributed by atoms with Gasteiger partial charge in [-0.2, -0.15) is 0 Å². The molecule has 1 aromatic carbocycles. The average molecular weight is 421 g/mol. The maximum atomic E-state index is 12.6. The molecule has 1 unspecified atom stereocenters. The maximum Gasteiger partial charge on any atom is 0.261 e. The van der Waals surface area contributed by atoms with Crippen LogP contribution in [0.5, 0.6) is 0 Å². The zero-order valence-corrected chi connectivity index (χ0v) is 18.0. The molecule has 0 radical (unpaired) electrons. The summed E-state index contributed by atoms with van der Waals surface area (Å²) in [5.74, 6) is 0.959. The van der Waals surface area contributed by atoms with Gasteiger partial charge in [0.25, 0.3) is 5.91 Å². The van der Waals surface area contributed by atoms with E-state index in [2.05, 4.69) is 29.3 Å². The van der Waals surface area contributed by atoms with Crippen LogP contribution >= 0.6 is 34.7 Å². The van der Waals surface area contributed by atoms with Crippen LogP contribution in [0.25, 0.3) is 10.4 Å². The lowest BCUT2D eigenvalue weighted by Gasteiger charge is -2.33. The van der Waals surface area contributed by atoms with Crippen molar-refractivity contribution in [1.29, 1.82) is 0 Å². The number of rotatable bonds is 5. The van der Waals surface area contributed by atoms with E-state index in [1.165, 1.54) is 46.7 Å². The molecule has 1 aromatic heterocycles. The van der Waals surface area contributed by atoms with Gasteiger partial charge in [-0.05, 0) is 56.5 Å². The van der Waals surface area contributed by atoms with Crippen LogP contribution in [0.3, 0.4) is 0 Å². The van der Waals surface area contributed by atoms with Gasteiger partial charge in [0.05, 0.1) is 4.88 Å². The molecular weight excluding hydrogens is 396 g/mol. The van der Waals surface area contributed by atoms with Gasteiger partial charge < -0.3 is 10.2 Å². The third-order valence-corrected chi connectivity index (χ3v) is 8.00. The summed E-state index contributed by atoms with van der Waals surface area (Å²) in [5.41, 5.74) is 2.46. The summed E-state index contributed by atoms with van der Waals surface area (Å²) in [6.07, 6.45) is 4.98. The minimum Gasteiger partial charge on any atom is -0.351 e. The van der Waals surface area contributed by atoms with E-state index in [0.717, 1.165) is 35.2 Å². The zero-order valence-electron chi connectivity index (χ0n) is 15.6. The van der Waals surface area contributed by atoms with Crippen molar-refractivity contribution in [2.24, 2.45) is 0 Å². The summed E-state index contributed by atoms with van der Waals surface area (Å²) in [5, 5.41) is 3.88. The van der Waals surface area contributed by atoms with Crippen molar-refractivity contribution in [1.82, 2.24) is 10.2 Å². The summed E-state index contributed by atoms with van der Waals surface area (Å²) in [7, 11) is 0. The number of carbonyl (C=O) groups excluding carboxylic acids is 1. The van der Waals surface area contributed by atoms with E-state index < -0.39 is 0 Å². The minimum absolute atomic E-state index is 0.0570. The van der Waals surface area contributed by atoms with Crippen LogP contribution in [0, 0.1) is 0 Å². The van der Waals surface area contributed by atoms with Crippen LogP contribution in [0.2, 0.25) is 5.02 Å². The molecule has 3 nitrogen and oxygen atoms in total. The molecule has 2 aliphatic rings. The zero-order chi connectivity index (χ0) is 18.8. The van der Waals surface area contributed by atoms with E-state index >= 15 is 0 Å². The van der Waals surface area contributed by atoms with Gasteiger partial charge in [0.1, 0.15) is 0 Å². The fourth-order valence-corrected chi connectivity index (χ4v) is 6.50. The Balaban J connectivity index is 1.34. The highest BCUT2D eigenvalue weighted by atomic mass is 35.5. The summed E-state index contributed by atoms with van der Waals surface area (Å²) in [6, 6.07) is 8.76. The Morgan fingerprint density at radius 2 is 2.22 bits per heavy atom. The molecule has 1 N–H and O–H groups in total. The number of nitrogens with zero attached hydrogens (tertiary/aromatic N) is 1. The first-order chi connectivity index (χ1) is 13.1. The number of hydrogen-bond donors (Lipinski definition) is 1. The van der Waals surface area contributed by atoms with E-state index in [-0.39, 0.29) is 5.91 Å². The largest absolute Gasteiger partial charge is 0.351 e. The number of nitrogens with one attached hydrogen (secondary N) is 1. The summed E-state index contributed by atoms with van der Waals surface area (Å²) in [6.45, 7) is 5.34. The minimum atomic E-state index is 0.0570. The van der Waals surface area contributed by atoms with Crippen molar-refractivity contribution < 1.29 is 4.79 Å². The first kappa shape index (κ1) is 19.3. The number of fused-ring (bicyclic) bond motifs is 3. The van der Waals surface area contributed by atoms with Gasteiger partial charge in [0.2, 0.25) is 0 Å². The van der Waals surface area contributed by atoms with Gasteiger partial charge in [-0.25, -0.2) is 0 Å². The third kappa shape index (κ3) is 4.37. The first-order valence-electron chi connectivity index (χ1n) is 9.69. The number of halogens is 1. The number of thioether (sulfide) groups is 1. The normalized spacial score (nSPS) is 19.4. The molecular formula is C21H25ClN2OS2. The number of amides is 1. The highest BCUT2D eigenvalue weighted by Crippen LogP contribution is 2.46. The number of benzene rings is 1. The number of carbonyl (C=O) groups is 1. The van der Waals surface area contributed by atoms with Crippen LogP contribution in [0.4, 0.5) is 0 Å². The van der Waals surface area contributed by atoms with E-state index in [1.54, 1.807) is 23.1 Å². The van der Waals surface area contributed by atoms with Crippen molar-refractivity contribution in [3.63, 3.8) is 0 Å². The third-order valence-electron chi connectivity index (χ3n) is 5.45. The second-order valence-electron chi connectivity index (χ2n) is 7.38. The number of piperidine rings is 1. The first-order valence-corrected chi connectivity index (χ1v) is 11.9. The van der Waals surface area contributed by atoms with Crippen molar-refractivity contribution in [2.75, 3.05) is 19.6 Å². The van der Waals surface area contributed by atoms with Gasteiger partial charge >= 0.3 is 0 Å². The van der Waals surface area contributed by atoms with Crippen LogP contribution < -0.4 is 5.32 Å². The van der Waals surface area contributed by atoms with Gasteiger partial charge in [-0.1, -0.05) is 24.1 Å². The van der Waals surface area contributed by atoms with E-state index in [9.17, 15) is 4.79 Å². The van der Waals surface area contributed by atoms with Gasteiger partial charge in [-0.15, -0.1) is 23.1 Å². The molecule has 6 heteroatoms. The molecule has 3 heterocycles. The SMILES string of the molecule is CC1CCCCN1CCCNC(=O)c1cc2c(s1)-c1ccc(Cl)cc1SC2. The molecule has 1 fully saturated rings. The van der Waals surface area contributed by atoms with Gasteiger partial charge in [0.15, 0.2) is 0 Å². The Labute approximate surface area is 174 Å². The van der Waals surface area contributed by atoms with Crippen molar-refractivity contribution >= 4 is 40.6 Å². The molecule has 0 saturated carbocycles. The Hall–Kier alpha value is -1.01. The quantitative estimate of drug-likeness (QED) is 0.632. The molecule has 0 spiro atoms. The van der Waals surface area contributed by atoms with Crippen LogP contribution in [-0.2, 0) is 5.75 Å². The van der Waals surface area contributed by atoms with Crippen molar-refractivity contribution in [3.05, 3.63) is 39.7 Å². The van der Waals surface area contributed by atoms with Crippen molar-refractivity contribution in [2.45, 2.75) is 49.3 Å². The Morgan fingerprint density at radius 3 is 3.07 bits per heavy atom. The lowest BCUT2D eigenvalue weighted by molar-refractivity contribution is 0.0953. The molecule has 1 atom stereocenters. The highest BCUT2D eigenvalue weighted by molar-refractivity contribution is 7.98. The predicted octanol–water partition coefficient (Wildman–Crippen LogP) is 5.67. The fraction of sp³-hybridized carbons (Fsp3) is 0.476. The Kier molecular flexibility index (Phi) is 6.12. The number of likely N-dealkylation sites (tertiary alicyclic amines) is 1. The number of thiophene rings is 1. The molecule has 1 amide bonds. The smallest absolute Gasteiger partial charge is 0.261 e. The Morgan fingerprint density at radius 1 is 1.33 bits per heavy atom. The molecule has 2 aromatic rings. The monoisotopic (exact) mass is 420 g/mol. The van der Waals surface area contributed by atoms with E-state index in [1.807, 2.05) is 12.1 Å². The maximum absolute atomic E-state index is 12.6. The number of hydrogen-bond acceptors (Lipinski definition) is 4. The van der Waals surface area contributed by atoms with Crippen LogP contribution in [0.15, 0.2) is 29.2 Å². The molecule has 144 valence electrons. The van der Waals surface area contributed by atoms with Gasteiger partial charge in [0, 0.05) is 45.2 Å². The lowest BCUT2D eigenvalue weighted by Crippen LogP contribution is -2.39. The summed E-state index contributed by atoms with van der Waals surface area (Å²) in [4.78, 5) is 18.4. The average Bonchev–Trinajstić information content (AvgIpc) is 3.11. The summed E-state index contributed by atoms with van der Waals surface area (Å²) < 4.78 is 0. The molecule has 1 saturated heterocycles. The predicted molar refractivity (Wildman–Crippen MR) is 116 cm³/mol. The molecule has 4 rings (SSSR count). The molecule has 0 bridgehead atoms. The van der Waals surface area contributed by atoms with Crippen LogP contribution in [-0.4, -0.2) is 36.5 Å². The van der Waals surface area contributed by atoms with E-state index in [0.29, 0.717) is 6.04 Å². The van der Waals surface area contributed by atoms with Crippen LogP contribution in [0.1, 0.15) is 47.8 Å². The highest BCUT2D eigenvalue weighted by Gasteiger charge is 2.22. The van der Waals surface area contributed by atoms with E-state index in [4.69, 9.17) is 11.6 Å².